The fourth-order valence-electron chi connectivity index (χ4n) is 2.81. The van der Waals surface area contributed by atoms with Crippen LogP contribution in [-0.4, -0.2) is 43.0 Å². The van der Waals surface area contributed by atoms with Crippen molar-refractivity contribution in [2.45, 2.75) is 51.7 Å². The van der Waals surface area contributed by atoms with E-state index in [2.05, 4.69) is 26.5 Å². The molecule has 1 heterocycles. The van der Waals surface area contributed by atoms with Crippen LogP contribution >= 0.6 is 12.6 Å². The van der Waals surface area contributed by atoms with Crippen molar-refractivity contribution < 1.29 is 19.0 Å². The van der Waals surface area contributed by atoms with Crippen LogP contribution in [0, 0.1) is 0 Å². The van der Waals surface area contributed by atoms with Gasteiger partial charge in [-0.05, 0) is 40.5 Å². The van der Waals surface area contributed by atoms with Gasteiger partial charge in [-0.1, -0.05) is 12.6 Å². The van der Waals surface area contributed by atoms with E-state index < -0.39 is 5.24 Å². The summed E-state index contributed by atoms with van der Waals surface area (Å²) < 4.78 is 16.7. The summed E-state index contributed by atoms with van der Waals surface area (Å²) in [6.45, 7) is 8.39. The van der Waals surface area contributed by atoms with E-state index in [9.17, 15) is 4.79 Å². The fraction of sp³-hybridized carbons (Fsp3) is 0.579. The van der Waals surface area contributed by atoms with E-state index in [1.807, 2.05) is 13.8 Å². The topological polar surface area (TPSA) is 60.4 Å². The predicted octanol–water partition coefficient (Wildman–Crippen LogP) is 4.33. The Kier molecular flexibility index (Phi) is 6.11. The zero-order valence-corrected chi connectivity index (χ0v) is 17.2. The number of anilines is 1. The lowest BCUT2D eigenvalue weighted by Gasteiger charge is -2.28. The quantitative estimate of drug-likeness (QED) is 0.773. The van der Waals surface area contributed by atoms with Crippen LogP contribution in [0.3, 0.4) is 0 Å². The summed E-state index contributed by atoms with van der Waals surface area (Å²) in [5, 5.41) is -0.411. The van der Waals surface area contributed by atoms with Crippen LogP contribution in [0.5, 0.6) is 11.5 Å². The molecular formula is C19H28N2O4S. The molecule has 2 rings (SSSR count). The zero-order chi connectivity index (χ0) is 19.5. The third-order valence-electron chi connectivity index (χ3n) is 4.33. The summed E-state index contributed by atoms with van der Waals surface area (Å²) in [6, 6.07) is 5.25. The number of carbonyl (C=O) groups excluding carboxylic acids is 1. The molecule has 26 heavy (non-hydrogen) atoms. The van der Waals surface area contributed by atoms with Crippen molar-refractivity contribution in [1.29, 1.82) is 0 Å². The largest absolute Gasteiger partial charge is 0.497 e. The van der Waals surface area contributed by atoms with Crippen LogP contribution in [0.4, 0.5) is 10.5 Å². The van der Waals surface area contributed by atoms with Gasteiger partial charge in [-0.3, -0.25) is 9.69 Å². The molecule has 1 aliphatic rings. The molecule has 1 amide bonds. The Morgan fingerprint density at radius 2 is 1.73 bits per heavy atom. The molecule has 0 atom stereocenters. The van der Waals surface area contributed by atoms with Gasteiger partial charge in [0.25, 0.3) is 5.24 Å². The molecule has 6 nitrogen and oxygen atoms in total. The summed E-state index contributed by atoms with van der Waals surface area (Å²) in [4.78, 5) is 18.5. The second-order valence-electron chi connectivity index (χ2n) is 7.62. The van der Waals surface area contributed by atoms with Gasteiger partial charge < -0.3 is 14.2 Å². The molecule has 7 heteroatoms. The van der Waals surface area contributed by atoms with Gasteiger partial charge in [0.05, 0.1) is 25.4 Å². The first-order valence-corrected chi connectivity index (χ1v) is 9.01. The number of carbonyl (C=O) groups is 1. The summed E-state index contributed by atoms with van der Waals surface area (Å²) in [5.41, 5.74) is 0.0113. The smallest absolute Gasteiger partial charge is 0.283 e. The number of benzene rings is 1. The standard InChI is InChI=1S/C19H28N2O4S/c1-18(2)7-8-19(3,4)25-16(20-18)12-21(17(22)26)13-9-14(23-5)11-15(10-13)24-6/h9-11H,7-8,12H2,1-6H3,(H,22,26). The third kappa shape index (κ3) is 5.30. The first-order valence-electron chi connectivity index (χ1n) is 8.56. The average Bonchev–Trinajstić information content (AvgIpc) is 2.66. The van der Waals surface area contributed by atoms with Crippen LogP contribution < -0.4 is 14.4 Å². The molecule has 0 aromatic heterocycles. The van der Waals surface area contributed by atoms with Gasteiger partial charge in [0.2, 0.25) is 5.90 Å². The van der Waals surface area contributed by atoms with Gasteiger partial charge in [0.1, 0.15) is 23.6 Å². The van der Waals surface area contributed by atoms with Crippen molar-refractivity contribution in [1.82, 2.24) is 0 Å². The first kappa shape index (κ1) is 20.4. The molecule has 1 aromatic rings. The van der Waals surface area contributed by atoms with E-state index in [0.29, 0.717) is 23.1 Å². The number of hydrogen-bond acceptors (Lipinski definition) is 5. The number of methoxy groups -OCH3 is 2. The Morgan fingerprint density at radius 3 is 2.23 bits per heavy atom. The minimum atomic E-state index is -0.411. The molecule has 0 saturated carbocycles. The lowest BCUT2D eigenvalue weighted by atomic mass is 9.93. The zero-order valence-electron chi connectivity index (χ0n) is 16.3. The van der Waals surface area contributed by atoms with Crippen molar-refractivity contribution in [3.8, 4) is 11.5 Å². The number of amides is 1. The van der Waals surface area contributed by atoms with Gasteiger partial charge >= 0.3 is 0 Å². The number of nitrogens with zero attached hydrogens (tertiary/aromatic N) is 2. The Hall–Kier alpha value is -1.89. The fourth-order valence-corrected chi connectivity index (χ4v) is 3.00. The van der Waals surface area contributed by atoms with E-state index in [1.165, 1.54) is 4.90 Å². The van der Waals surface area contributed by atoms with Crippen LogP contribution in [0.1, 0.15) is 40.5 Å². The Balaban J connectivity index is 2.39. The Labute approximate surface area is 160 Å². The highest BCUT2D eigenvalue weighted by Gasteiger charge is 2.32. The molecular weight excluding hydrogens is 352 g/mol. The minimum absolute atomic E-state index is 0.186. The average molecular weight is 381 g/mol. The summed E-state index contributed by atoms with van der Waals surface area (Å²) in [5.74, 6) is 1.69. The second kappa shape index (κ2) is 7.78. The molecule has 0 aliphatic carbocycles. The van der Waals surface area contributed by atoms with Crippen molar-refractivity contribution in [2.24, 2.45) is 4.99 Å². The van der Waals surface area contributed by atoms with Crippen molar-refractivity contribution in [3.63, 3.8) is 0 Å². The molecule has 0 bridgehead atoms. The SMILES string of the molecule is COc1cc(OC)cc(N(CC2=NC(C)(C)CCC(C)(C)O2)C(=O)S)c1. The maximum absolute atomic E-state index is 12.2. The van der Waals surface area contributed by atoms with Crippen LogP contribution in [-0.2, 0) is 4.74 Å². The van der Waals surface area contributed by atoms with Crippen LogP contribution in [0.15, 0.2) is 23.2 Å². The van der Waals surface area contributed by atoms with Gasteiger partial charge in [0.15, 0.2) is 0 Å². The predicted molar refractivity (Wildman–Crippen MR) is 107 cm³/mol. The third-order valence-corrected chi connectivity index (χ3v) is 4.57. The maximum atomic E-state index is 12.2. The lowest BCUT2D eigenvalue weighted by Crippen LogP contribution is -2.37. The number of rotatable bonds is 5. The van der Waals surface area contributed by atoms with Crippen molar-refractivity contribution in [2.75, 3.05) is 25.7 Å². The number of aliphatic imine (C=N–C) groups is 1. The molecule has 0 saturated heterocycles. The van der Waals surface area contributed by atoms with Gasteiger partial charge in [0, 0.05) is 18.2 Å². The number of ether oxygens (including phenoxy) is 3. The summed E-state index contributed by atoms with van der Waals surface area (Å²) in [7, 11) is 3.13. The molecule has 144 valence electrons. The molecule has 0 fully saturated rings. The summed E-state index contributed by atoms with van der Waals surface area (Å²) >= 11 is 4.04. The molecule has 0 N–H and O–H groups in total. The van der Waals surface area contributed by atoms with E-state index >= 15 is 0 Å². The maximum Gasteiger partial charge on any atom is 0.283 e. The Bertz CT molecular complexity index is 679. The van der Waals surface area contributed by atoms with Crippen LogP contribution in [0.25, 0.3) is 0 Å². The second-order valence-corrected chi connectivity index (χ2v) is 8.00. The highest BCUT2D eigenvalue weighted by atomic mass is 32.1. The number of thiol groups is 1. The van der Waals surface area contributed by atoms with E-state index in [4.69, 9.17) is 19.2 Å². The van der Waals surface area contributed by atoms with E-state index in [-0.39, 0.29) is 17.7 Å². The van der Waals surface area contributed by atoms with E-state index in [0.717, 1.165) is 12.8 Å². The van der Waals surface area contributed by atoms with Crippen molar-refractivity contribution in [3.05, 3.63) is 18.2 Å². The highest BCUT2D eigenvalue weighted by molar-refractivity contribution is 7.96. The van der Waals surface area contributed by atoms with Gasteiger partial charge in [-0.25, -0.2) is 4.99 Å². The summed E-state index contributed by atoms with van der Waals surface area (Å²) in [6.07, 6.45) is 1.79. The molecule has 1 aliphatic heterocycles. The first-order chi connectivity index (χ1) is 12.0. The van der Waals surface area contributed by atoms with Gasteiger partial charge in [-0.2, -0.15) is 0 Å². The van der Waals surface area contributed by atoms with E-state index in [1.54, 1.807) is 32.4 Å². The minimum Gasteiger partial charge on any atom is -0.497 e. The molecule has 0 spiro atoms. The van der Waals surface area contributed by atoms with Crippen molar-refractivity contribution >= 4 is 29.5 Å². The number of hydrogen-bond donors (Lipinski definition) is 1. The monoisotopic (exact) mass is 380 g/mol. The molecule has 0 radical (unpaired) electrons. The highest BCUT2D eigenvalue weighted by Crippen LogP contribution is 2.32. The lowest BCUT2D eigenvalue weighted by molar-refractivity contribution is 0.0856. The van der Waals surface area contributed by atoms with Crippen LogP contribution in [0.2, 0.25) is 0 Å². The molecule has 1 aromatic carbocycles. The van der Waals surface area contributed by atoms with Gasteiger partial charge in [-0.15, -0.1) is 0 Å². The molecule has 0 unspecified atom stereocenters. The normalized spacial score (nSPS) is 18.2. The Morgan fingerprint density at radius 1 is 1.15 bits per heavy atom.